The Morgan fingerprint density at radius 1 is 1.18 bits per heavy atom. The maximum atomic E-state index is 15.7. The molecule has 11 nitrogen and oxygen atoms in total. The van der Waals surface area contributed by atoms with Gasteiger partial charge in [0.25, 0.3) is 0 Å². The predicted octanol–water partition coefficient (Wildman–Crippen LogP) is -0.332. The van der Waals surface area contributed by atoms with Crippen molar-refractivity contribution in [3.63, 3.8) is 0 Å². The van der Waals surface area contributed by atoms with Gasteiger partial charge in [0.05, 0.1) is 17.5 Å². The van der Waals surface area contributed by atoms with Gasteiger partial charge >= 0.3 is 0 Å². The van der Waals surface area contributed by atoms with Crippen LogP contribution in [0.5, 0.6) is 5.75 Å². The van der Waals surface area contributed by atoms with Crippen molar-refractivity contribution in [1.82, 2.24) is 10.2 Å². The Labute approximate surface area is 223 Å². The smallest absolute Gasteiger partial charge is 0.235 e. The van der Waals surface area contributed by atoms with E-state index in [-0.39, 0.29) is 36.4 Å². The number of primary amides is 1. The van der Waals surface area contributed by atoms with Crippen LogP contribution in [-0.4, -0.2) is 75.8 Å². The van der Waals surface area contributed by atoms with E-state index in [0.29, 0.717) is 0 Å². The van der Waals surface area contributed by atoms with Gasteiger partial charge in [-0.3, -0.25) is 33.7 Å². The summed E-state index contributed by atoms with van der Waals surface area (Å²) >= 11 is 0. The van der Waals surface area contributed by atoms with Crippen LogP contribution < -0.4 is 11.1 Å². The van der Waals surface area contributed by atoms with Crippen molar-refractivity contribution in [2.24, 2.45) is 34.8 Å². The topological polar surface area (TPSA) is 184 Å². The summed E-state index contributed by atoms with van der Waals surface area (Å²) in [6.45, 7) is 4.77. The first-order chi connectivity index (χ1) is 17.9. The Kier molecular flexibility index (Phi) is 6.80. The molecule has 3 aliphatic carbocycles. The highest BCUT2D eigenvalue weighted by Crippen LogP contribution is 2.51. The van der Waals surface area contributed by atoms with E-state index in [1.165, 1.54) is 19.0 Å². The molecule has 0 aromatic heterocycles. The molecule has 2 amide bonds. The zero-order valence-corrected chi connectivity index (χ0v) is 22.3. The average Bonchev–Trinajstić information content (AvgIpc) is 2.81. The number of nitrogens with zero attached hydrogens (tertiary/aromatic N) is 1. The summed E-state index contributed by atoms with van der Waals surface area (Å²) in [5, 5.41) is 24.8. The van der Waals surface area contributed by atoms with Crippen molar-refractivity contribution in [2.45, 2.75) is 51.8 Å². The number of Topliss-reactive ketones (excluding diaryl/α,β-unsaturated/α-hetero) is 4. The van der Waals surface area contributed by atoms with Gasteiger partial charge in [0.1, 0.15) is 11.6 Å². The quantitative estimate of drug-likeness (QED) is 0.368. The maximum Gasteiger partial charge on any atom is 0.235 e. The molecule has 1 aromatic rings. The normalized spacial score (nSPS) is 30.5. The Bertz CT molecular complexity index is 1330. The third-order valence-electron chi connectivity index (χ3n) is 8.19. The molecule has 1 aromatic carbocycles. The summed E-state index contributed by atoms with van der Waals surface area (Å²) in [4.78, 5) is 79.3. The molecule has 12 heteroatoms. The number of carbonyl (C=O) groups is 6. The van der Waals surface area contributed by atoms with Gasteiger partial charge in [-0.15, -0.1) is 0 Å². The van der Waals surface area contributed by atoms with E-state index >= 15 is 4.39 Å². The van der Waals surface area contributed by atoms with Crippen molar-refractivity contribution in [2.75, 3.05) is 14.1 Å². The van der Waals surface area contributed by atoms with Gasteiger partial charge in [0.15, 0.2) is 34.7 Å². The minimum Gasteiger partial charge on any atom is -0.507 e. The van der Waals surface area contributed by atoms with Crippen LogP contribution in [0.4, 0.5) is 4.39 Å². The summed E-state index contributed by atoms with van der Waals surface area (Å²) in [7, 11) is 2.95. The Morgan fingerprint density at radius 3 is 2.33 bits per heavy atom. The van der Waals surface area contributed by atoms with Crippen LogP contribution in [0.2, 0.25) is 0 Å². The van der Waals surface area contributed by atoms with Crippen LogP contribution >= 0.6 is 0 Å². The first-order valence-electron chi connectivity index (χ1n) is 12.6. The fraction of sp³-hybridized carbons (Fsp3) is 0.556. The van der Waals surface area contributed by atoms with Crippen molar-refractivity contribution in [3.8, 4) is 5.75 Å². The number of rotatable bonds is 4. The molecular weight excluding hydrogens is 513 g/mol. The molecular formula is C27H32FN3O8. The first-order valence-corrected chi connectivity index (χ1v) is 12.6. The highest BCUT2D eigenvalue weighted by molar-refractivity contribution is 6.32. The van der Waals surface area contributed by atoms with Crippen molar-refractivity contribution in [1.29, 1.82) is 0 Å². The van der Waals surface area contributed by atoms with Gasteiger partial charge in [0, 0.05) is 29.0 Å². The van der Waals surface area contributed by atoms with Gasteiger partial charge < -0.3 is 21.3 Å². The predicted molar refractivity (Wildman–Crippen MR) is 133 cm³/mol. The zero-order valence-electron chi connectivity index (χ0n) is 22.3. The molecule has 39 heavy (non-hydrogen) atoms. The largest absolute Gasteiger partial charge is 0.507 e. The Morgan fingerprint density at radius 2 is 1.79 bits per heavy atom. The second kappa shape index (κ2) is 9.30. The van der Waals surface area contributed by atoms with Gasteiger partial charge in [-0.25, -0.2) is 4.39 Å². The summed E-state index contributed by atoms with van der Waals surface area (Å²) in [6.07, 6.45) is -0.388. The molecule has 4 rings (SSSR count). The van der Waals surface area contributed by atoms with Crippen molar-refractivity contribution in [3.05, 3.63) is 28.6 Å². The number of phenols is 1. The molecule has 210 valence electrons. The lowest BCUT2D eigenvalue weighted by Gasteiger charge is -2.52. The van der Waals surface area contributed by atoms with E-state index < -0.39 is 86.9 Å². The monoisotopic (exact) mass is 545 g/mol. The lowest BCUT2D eigenvalue weighted by molar-refractivity contribution is -0.181. The lowest BCUT2D eigenvalue weighted by atomic mass is 9.52. The third kappa shape index (κ3) is 4.17. The minimum atomic E-state index is -2.85. The highest BCUT2D eigenvalue weighted by atomic mass is 19.1. The van der Waals surface area contributed by atoms with E-state index in [9.17, 15) is 39.0 Å². The summed E-state index contributed by atoms with van der Waals surface area (Å²) < 4.78 is 15.7. The first kappa shape index (κ1) is 28.5. The second-order valence-corrected chi connectivity index (χ2v) is 11.9. The standard InChI is InChI=1S/C27H32FN3O8/c1-26(2,3)25(38)30-9-11-8-14(32)16-12(18(11)28)6-10-7-13-19(31(4)5)21(34)17(24(29)37)23(36)27(13,39)22(35)15(10)20(16)33/h8,10,13,15,17,19,32,39H,6-7,9H2,1-5H3,(H2,29,37)(H,30,38)/t10-,13-,15?,17?,19-,27-/m0/s1. The van der Waals surface area contributed by atoms with Crippen molar-refractivity contribution < 1.29 is 43.4 Å². The molecule has 2 fully saturated rings. The molecule has 2 unspecified atom stereocenters. The molecule has 3 aliphatic rings. The fourth-order valence-electron chi connectivity index (χ4n) is 6.28. The number of nitrogens with two attached hydrogens (primary N) is 1. The van der Waals surface area contributed by atoms with Crippen LogP contribution in [0.1, 0.15) is 48.7 Å². The lowest BCUT2D eigenvalue weighted by Crippen LogP contribution is -2.74. The minimum absolute atomic E-state index is 0.0627. The van der Waals surface area contributed by atoms with Crippen LogP contribution in [0.15, 0.2) is 6.07 Å². The van der Waals surface area contributed by atoms with Gasteiger partial charge in [0.2, 0.25) is 11.8 Å². The molecule has 5 N–H and O–H groups in total. The SMILES string of the molecule is CN(C)[C@@H]1C(=O)C(C(N)=O)C(=O)[C@@]2(O)C(=O)C3C(=O)c4c(O)cc(CNC(=O)C(C)(C)C)c(F)c4C[C@H]3C[C@@H]12. The maximum absolute atomic E-state index is 15.7. The Hall–Kier alpha value is -3.51. The second-order valence-electron chi connectivity index (χ2n) is 11.9. The average molecular weight is 546 g/mol. The number of aliphatic hydroxyl groups is 1. The van der Waals surface area contributed by atoms with Crippen LogP contribution in [0.3, 0.4) is 0 Å². The zero-order chi connectivity index (χ0) is 29.4. The summed E-state index contributed by atoms with van der Waals surface area (Å²) in [5.74, 6) is -13.4. The Balaban J connectivity index is 1.78. The number of benzene rings is 1. The van der Waals surface area contributed by atoms with Crippen LogP contribution in [0.25, 0.3) is 0 Å². The fourth-order valence-corrected chi connectivity index (χ4v) is 6.28. The van der Waals surface area contributed by atoms with E-state index in [0.717, 1.165) is 6.07 Å². The number of halogens is 1. The highest BCUT2D eigenvalue weighted by Gasteiger charge is 2.69. The summed E-state index contributed by atoms with van der Waals surface area (Å²) in [5.41, 5.74) is 1.04. The van der Waals surface area contributed by atoms with Gasteiger partial charge in [-0.05, 0) is 38.9 Å². The van der Waals surface area contributed by atoms with Crippen molar-refractivity contribution >= 4 is 34.9 Å². The molecule has 2 saturated carbocycles. The molecule has 6 atom stereocenters. The molecule has 0 bridgehead atoms. The molecule has 0 radical (unpaired) electrons. The number of ketones is 4. The van der Waals surface area contributed by atoms with E-state index in [4.69, 9.17) is 5.73 Å². The number of hydrogen-bond donors (Lipinski definition) is 4. The van der Waals surface area contributed by atoms with E-state index in [1.807, 2.05) is 0 Å². The van der Waals surface area contributed by atoms with Crippen LogP contribution in [-0.2, 0) is 36.9 Å². The number of aromatic hydroxyl groups is 1. The number of amides is 2. The molecule has 0 heterocycles. The number of carbonyl (C=O) groups excluding carboxylic acids is 6. The van der Waals surface area contributed by atoms with Gasteiger partial charge in [-0.2, -0.15) is 0 Å². The molecule has 0 spiro atoms. The number of phenolic OH excluding ortho intramolecular Hbond substituents is 1. The molecule has 0 aliphatic heterocycles. The number of likely N-dealkylation sites (N-methyl/N-ethyl adjacent to an activating group) is 1. The molecule has 0 saturated heterocycles. The number of hydrogen-bond acceptors (Lipinski definition) is 9. The van der Waals surface area contributed by atoms with Gasteiger partial charge in [-0.1, -0.05) is 20.8 Å². The van der Waals surface area contributed by atoms with E-state index in [1.54, 1.807) is 20.8 Å². The third-order valence-corrected chi connectivity index (χ3v) is 8.19. The number of nitrogens with one attached hydrogen (secondary N) is 1. The summed E-state index contributed by atoms with van der Waals surface area (Å²) in [6, 6.07) is -0.251. The van der Waals surface area contributed by atoms with E-state index in [2.05, 4.69) is 5.32 Å². The van der Waals surface area contributed by atoms with Crippen LogP contribution in [0, 0.1) is 34.9 Å². The number of fused-ring (bicyclic) bond motifs is 3.